The van der Waals surface area contributed by atoms with Gasteiger partial charge in [0.15, 0.2) is 0 Å². The number of benzene rings is 1. The van der Waals surface area contributed by atoms with Gasteiger partial charge in [-0.1, -0.05) is 30.3 Å². The SMILES string of the molecule is CC(c1ccccc1)N(C)C. The summed E-state index contributed by atoms with van der Waals surface area (Å²) >= 11 is 0. The molecule has 1 atom stereocenters. The van der Waals surface area contributed by atoms with Gasteiger partial charge in [-0.2, -0.15) is 0 Å². The zero-order chi connectivity index (χ0) is 8.27. The van der Waals surface area contributed by atoms with Crippen LogP contribution in [0.15, 0.2) is 30.3 Å². The Labute approximate surface area is 68.7 Å². The molecule has 0 saturated carbocycles. The minimum atomic E-state index is 0.510. The van der Waals surface area contributed by atoms with Gasteiger partial charge in [-0.25, -0.2) is 0 Å². The monoisotopic (exact) mass is 149 g/mol. The van der Waals surface area contributed by atoms with E-state index < -0.39 is 0 Å². The van der Waals surface area contributed by atoms with Crippen molar-refractivity contribution < 1.29 is 0 Å². The molecular formula is C10H15N. The summed E-state index contributed by atoms with van der Waals surface area (Å²) in [7, 11) is 4.19. The maximum Gasteiger partial charge on any atom is 0.0313 e. The molecule has 0 N–H and O–H groups in total. The third-order valence-electron chi connectivity index (χ3n) is 2.06. The smallest absolute Gasteiger partial charge is 0.0313 e. The van der Waals surface area contributed by atoms with E-state index in [0.717, 1.165) is 0 Å². The van der Waals surface area contributed by atoms with Crippen LogP contribution in [0.3, 0.4) is 0 Å². The molecule has 0 radical (unpaired) electrons. The quantitative estimate of drug-likeness (QED) is 0.623. The minimum Gasteiger partial charge on any atom is -0.303 e. The van der Waals surface area contributed by atoms with E-state index in [1.807, 2.05) is 6.07 Å². The Morgan fingerprint density at radius 1 is 1.09 bits per heavy atom. The van der Waals surface area contributed by atoms with Crippen LogP contribution in [0.5, 0.6) is 0 Å². The van der Waals surface area contributed by atoms with Crippen LogP contribution in [0, 0.1) is 0 Å². The number of hydrogen-bond donors (Lipinski definition) is 0. The van der Waals surface area contributed by atoms with Crippen molar-refractivity contribution in [3.05, 3.63) is 35.9 Å². The van der Waals surface area contributed by atoms with Gasteiger partial charge in [0.25, 0.3) is 0 Å². The van der Waals surface area contributed by atoms with Crippen molar-refractivity contribution in [1.29, 1.82) is 0 Å². The van der Waals surface area contributed by atoms with E-state index in [-0.39, 0.29) is 0 Å². The fourth-order valence-electron chi connectivity index (χ4n) is 1.03. The fourth-order valence-corrected chi connectivity index (χ4v) is 1.03. The molecule has 0 spiro atoms. The summed E-state index contributed by atoms with van der Waals surface area (Å²) in [6.45, 7) is 2.20. The highest BCUT2D eigenvalue weighted by molar-refractivity contribution is 5.17. The van der Waals surface area contributed by atoms with Crippen molar-refractivity contribution >= 4 is 0 Å². The molecule has 1 nitrogen and oxygen atoms in total. The van der Waals surface area contributed by atoms with Crippen LogP contribution < -0.4 is 0 Å². The van der Waals surface area contributed by atoms with Gasteiger partial charge in [-0.05, 0) is 26.6 Å². The lowest BCUT2D eigenvalue weighted by Crippen LogP contribution is -2.16. The number of hydrogen-bond acceptors (Lipinski definition) is 1. The summed E-state index contributed by atoms with van der Waals surface area (Å²) in [5.41, 5.74) is 1.37. The largest absolute Gasteiger partial charge is 0.303 e. The molecule has 1 aromatic rings. The van der Waals surface area contributed by atoms with E-state index in [1.165, 1.54) is 5.56 Å². The van der Waals surface area contributed by atoms with Gasteiger partial charge in [-0.15, -0.1) is 0 Å². The van der Waals surface area contributed by atoms with Gasteiger partial charge in [0.2, 0.25) is 0 Å². The van der Waals surface area contributed by atoms with Gasteiger partial charge < -0.3 is 4.90 Å². The zero-order valence-electron chi connectivity index (χ0n) is 7.41. The lowest BCUT2D eigenvalue weighted by Gasteiger charge is -2.19. The average molecular weight is 149 g/mol. The van der Waals surface area contributed by atoms with E-state index in [9.17, 15) is 0 Å². The van der Waals surface area contributed by atoms with Crippen molar-refractivity contribution in [3.63, 3.8) is 0 Å². The Morgan fingerprint density at radius 3 is 2.09 bits per heavy atom. The van der Waals surface area contributed by atoms with E-state index in [1.54, 1.807) is 0 Å². The van der Waals surface area contributed by atoms with Crippen LogP contribution in [0.2, 0.25) is 0 Å². The molecule has 60 valence electrons. The average Bonchev–Trinajstić information content (AvgIpc) is 2.05. The standard InChI is InChI=1S/C10H15N/c1-9(11(2)3)10-7-5-4-6-8-10/h4-9H,1-3H3. The summed E-state index contributed by atoms with van der Waals surface area (Å²) < 4.78 is 0. The first-order chi connectivity index (χ1) is 5.22. The molecule has 1 heteroatoms. The Morgan fingerprint density at radius 2 is 1.64 bits per heavy atom. The predicted molar refractivity (Wildman–Crippen MR) is 48.5 cm³/mol. The fraction of sp³-hybridized carbons (Fsp3) is 0.400. The topological polar surface area (TPSA) is 3.24 Å². The Bertz CT molecular complexity index is 203. The Hall–Kier alpha value is -0.820. The molecule has 1 rings (SSSR count). The molecule has 11 heavy (non-hydrogen) atoms. The van der Waals surface area contributed by atoms with Gasteiger partial charge in [0.1, 0.15) is 0 Å². The molecule has 0 aliphatic carbocycles. The molecule has 0 aliphatic heterocycles. The molecule has 0 aliphatic rings. The first-order valence-corrected chi connectivity index (χ1v) is 3.93. The van der Waals surface area contributed by atoms with Crippen molar-refractivity contribution in [3.8, 4) is 0 Å². The van der Waals surface area contributed by atoms with Gasteiger partial charge >= 0.3 is 0 Å². The normalized spacial score (nSPS) is 13.5. The second kappa shape index (κ2) is 3.54. The lowest BCUT2D eigenvalue weighted by atomic mass is 10.1. The Balaban J connectivity index is 2.77. The molecule has 0 heterocycles. The van der Waals surface area contributed by atoms with Gasteiger partial charge in [0.05, 0.1) is 0 Å². The van der Waals surface area contributed by atoms with Crippen LogP contribution in [0.25, 0.3) is 0 Å². The molecule has 1 unspecified atom stereocenters. The van der Waals surface area contributed by atoms with Crippen LogP contribution in [0.4, 0.5) is 0 Å². The zero-order valence-corrected chi connectivity index (χ0v) is 7.41. The summed E-state index contributed by atoms with van der Waals surface area (Å²) in [4.78, 5) is 2.20. The summed E-state index contributed by atoms with van der Waals surface area (Å²) in [5, 5.41) is 0. The second-order valence-corrected chi connectivity index (χ2v) is 3.05. The van der Waals surface area contributed by atoms with Crippen molar-refractivity contribution in [1.82, 2.24) is 4.90 Å². The predicted octanol–water partition coefficient (Wildman–Crippen LogP) is 2.31. The molecule has 0 amide bonds. The third kappa shape index (κ3) is 2.05. The maximum absolute atomic E-state index is 2.20. The van der Waals surface area contributed by atoms with Crippen LogP contribution in [-0.4, -0.2) is 19.0 Å². The number of nitrogens with zero attached hydrogens (tertiary/aromatic N) is 1. The van der Waals surface area contributed by atoms with Crippen molar-refractivity contribution in [2.75, 3.05) is 14.1 Å². The van der Waals surface area contributed by atoms with Crippen molar-refractivity contribution in [2.24, 2.45) is 0 Å². The number of rotatable bonds is 2. The highest BCUT2D eigenvalue weighted by atomic mass is 15.1. The first kappa shape index (κ1) is 8.28. The van der Waals surface area contributed by atoms with Crippen molar-refractivity contribution in [2.45, 2.75) is 13.0 Å². The Kier molecular flexibility index (Phi) is 2.66. The van der Waals surface area contributed by atoms with Crippen LogP contribution in [0.1, 0.15) is 18.5 Å². The van der Waals surface area contributed by atoms with Crippen LogP contribution in [-0.2, 0) is 0 Å². The highest BCUT2D eigenvalue weighted by Crippen LogP contribution is 2.15. The first-order valence-electron chi connectivity index (χ1n) is 3.93. The van der Waals surface area contributed by atoms with Gasteiger partial charge in [-0.3, -0.25) is 0 Å². The lowest BCUT2D eigenvalue weighted by molar-refractivity contribution is 0.321. The molecule has 0 fully saturated rings. The van der Waals surface area contributed by atoms with E-state index in [0.29, 0.717) is 6.04 Å². The third-order valence-corrected chi connectivity index (χ3v) is 2.06. The minimum absolute atomic E-state index is 0.510. The van der Waals surface area contributed by atoms with Crippen LogP contribution >= 0.6 is 0 Å². The molecular weight excluding hydrogens is 134 g/mol. The van der Waals surface area contributed by atoms with Gasteiger partial charge in [0, 0.05) is 6.04 Å². The maximum atomic E-state index is 2.20. The summed E-state index contributed by atoms with van der Waals surface area (Å²) in [6.07, 6.45) is 0. The molecule has 0 bridgehead atoms. The summed E-state index contributed by atoms with van der Waals surface area (Å²) in [5.74, 6) is 0. The molecule has 0 aromatic heterocycles. The van der Waals surface area contributed by atoms with E-state index in [4.69, 9.17) is 0 Å². The summed E-state index contributed by atoms with van der Waals surface area (Å²) in [6, 6.07) is 11.0. The van der Waals surface area contributed by atoms with E-state index >= 15 is 0 Å². The molecule has 0 saturated heterocycles. The highest BCUT2D eigenvalue weighted by Gasteiger charge is 2.04. The second-order valence-electron chi connectivity index (χ2n) is 3.05. The molecule has 1 aromatic carbocycles. The van der Waals surface area contributed by atoms with E-state index in [2.05, 4.69) is 50.2 Å².